The molecule has 2 rings (SSSR count). The third-order valence-electron chi connectivity index (χ3n) is 4.82. The standard InChI is InChI=1S/C19H30N2O2/c1-3-21(14-18(22)17-7-4-15(2)5-8-17)19(23)9-6-16-10-12-20-13-11-16/h4-5,7-8,16,18,20,22H,3,6,9-14H2,1-2H3. The molecule has 1 fully saturated rings. The molecule has 0 spiro atoms. The highest BCUT2D eigenvalue weighted by atomic mass is 16.3. The zero-order chi connectivity index (χ0) is 16.7. The van der Waals surface area contributed by atoms with E-state index in [1.54, 1.807) is 4.90 Å². The van der Waals surface area contributed by atoms with Crippen molar-refractivity contribution in [1.29, 1.82) is 0 Å². The van der Waals surface area contributed by atoms with Gasteiger partial charge < -0.3 is 15.3 Å². The van der Waals surface area contributed by atoms with Gasteiger partial charge in [-0.05, 0) is 57.7 Å². The molecule has 1 aromatic carbocycles. The van der Waals surface area contributed by atoms with Gasteiger partial charge in [0.15, 0.2) is 0 Å². The van der Waals surface area contributed by atoms with E-state index in [2.05, 4.69) is 5.32 Å². The number of nitrogens with zero attached hydrogens (tertiary/aromatic N) is 1. The second kappa shape index (κ2) is 9.04. The average Bonchev–Trinajstić information content (AvgIpc) is 2.59. The van der Waals surface area contributed by atoms with Crippen molar-refractivity contribution in [3.63, 3.8) is 0 Å². The maximum Gasteiger partial charge on any atom is 0.222 e. The molecule has 1 saturated heterocycles. The molecule has 23 heavy (non-hydrogen) atoms. The highest BCUT2D eigenvalue weighted by Crippen LogP contribution is 2.20. The molecule has 4 nitrogen and oxygen atoms in total. The predicted molar refractivity (Wildman–Crippen MR) is 93.2 cm³/mol. The Hall–Kier alpha value is -1.39. The number of carbonyl (C=O) groups is 1. The van der Waals surface area contributed by atoms with Crippen molar-refractivity contribution < 1.29 is 9.90 Å². The number of piperidine rings is 1. The lowest BCUT2D eigenvalue weighted by Gasteiger charge is -2.26. The third-order valence-corrected chi connectivity index (χ3v) is 4.82. The van der Waals surface area contributed by atoms with Crippen LogP contribution in [0.4, 0.5) is 0 Å². The van der Waals surface area contributed by atoms with Crippen LogP contribution in [0.25, 0.3) is 0 Å². The lowest BCUT2D eigenvalue weighted by molar-refractivity contribution is -0.132. The normalized spacial score (nSPS) is 17.0. The first-order valence-electron chi connectivity index (χ1n) is 8.83. The fourth-order valence-corrected chi connectivity index (χ4v) is 3.17. The van der Waals surface area contributed by atoms with Gasteiger partial charge >= 0.3 is 0 Å². The van der Waals surface area contributed by atoms with Crippen LogP contribution in [0.5, 0.6) is 0 Å². The summed E-state index contributed by atoms with van der Waals surface area (Å²) in [6.07, 6.45) is 3.30. The molecule has 1 heterocycles. The minimum atomic E-state index is -0.613. The Morgan fingerprint density at radius 3 is 2.57 bits per heavy atom. The quantitative estimate of drug-likeness (QED) is 0.812. The number of aliphatic hydroxyl groups is 1. The molecule has 4 heteroatoms. The first-order chi connectivity index (χ1) is 11.1. The SMILES string of the molecule is CCN(CC(O)c1ccc(C)cc1)C(=O)CCC1CCNCC1. The maximum absolute atomic E-state index is 12.4. The number of carbonyl (C=O) groups excluding carboxylic acids is 1. The summed E-state index contributed by atoms with van der Waals surface area (Å²) < 4.78 is 0. The summed E-state index contributed by atoms with van der Waals surface area (Å²) in [6.45, 7) is 7.17. The Balaban J connectivity index is 1.82. The van der Waals surface area contributed by atoms with Crippen LogP contribution < -0.4 is 5.32 Å². The maximum atomic E-state index is 12.4. The zero-order valence-corrected chi connectivity index (χ0v) is 14.4. The number of rotatable bonds is 7. The Morgan fingerprint density at radius 2 is 1.96 bits per heavy atom. The number of aryl methyl sites for hydroxylation is 1. The van der Waals surface area contributed by atoms with Crippen LogP contribution in [0.2, 0.25) is 0 Å². The lowest BCUT2D eigenvalue weighted by atomic mass is 9.93. The van der Waals surface area contributed by atoms with E-state index in [0.29, 0.717) is 25.4 Å². The number of amides is 1. The molecule has 2 N–H and O–H groups in total. The van der Waals surface area contributed by atoms with E-state index >= 15 is 0 Å². The molecule has 1 unspecified atom stereocenters. The van der Waals surface area contributed by atoms with Gasteiger partial charge in [-0.1, -0.05) is 29.8 Å². The number of nitrogens with one attached hydrogen (secondary N) is 1. The summed E-state index contributed by atoms with van der Waals surface area (Å²) in [5.41, 5.74) is 2.05. The summed E-state index contributed by atoms with van der Waals surface area (Å²) >= 11 is 0. The molecule has 0 saturated carbocycles. The van der Waals surface area contributed by atoms with E-state index in [4.69, 9.17) is 0 Å². The largest absolute Gasteiger partial charge is 0.387 e. The van der Waals surface area contributed by atoms with Gasteiger partial charge in [-0.25, -0.2) is 0 Å². The van der Waals surface area contributed by atoms with Crippen molar-refractivity contribution in [1.82, 2.24) is 10.2 Å². The number of benzene rings is 1. The Bertz CT molecular complexity index is 481. The lowest BCUT2D eigenvalue weighted by Crippen LogP contribution is -2.35. The van der Waals surface area contributed by atoms with Gasteiger partial charge in [0.1, 0.15) is 0 Å². The average molecular weight is 318 g/mol. The van der Waals surface area contributed by atoms with Gasteiger partial charge in [0.2, 0.25) is 5.91 Å². The van der Waals surface area contributed by atoms with E-state index in [1.807, 2.05) is 38.1 Å². The van der Waals surface area contributed by atoms with Crippen molar-refractivity contribution in [3.8, 4) is 0 Å². The van der Waals surface area contributed by atoms with E-state index < -0.39 is 6.10 Å². The Labute approximate surface area is 139 Å². The Kier molecular flexibility index (Phi) is 7.06. The van der Waals surface area contributed by atoms with Gasteiger partial charge in [0.25, 0.3) is 0 Å². The number of hydrogen-bond acceptors (Lipinski definition) is 3. The van der Waals surface area contributed by atoms with Crippen molar-refractivity contribution in [2.24, 2.45) is 5.92 Å². The van der Waals surface area contributed by atoms with E-state index in [1.165, 1.54) is 18.4 Å². The second-order valence-electron chi connectivity index (χ2n) is 6.59. The van der Waals surface area contributed by atoms with Crippen molar-refractivity contribution in [3.05, 3.63) is 35.4 Å². The van der Waals surface area contributed by atoms with Crippen LogP contribution in [0.1, 0.15) is 49.8 Å². The summed E-state index contributed by atoms with van der Waals surface area (Å²) in [5, 5.41) is 13.7. The smallest absolute Gasteiger partial charge is 0.222 e. The summed E-state index contributed by atoms with van der Waals surface area (Å²) in [6, 6.07) is 7.86. The highest BCUT2D eigenvalue weighted by Gasteiger charge is 2.19. The molecule has 0 aliphatic carbocycles. The molecule has 1 aliphatic rings. The van der Waals surface area contributed by atoms with Crippen molar-refractivity contribution in [2.45, 2.75) is 45.6 Å². The minimum Gasteiger partial charge on any atom is -0.387 e. The molecule has 1 amide bonds. The van der Waals surface area contributed by atoms with Crippen LogP contribution in [0.3, 0.4) is 0 Å². The third kappa shape index (κ3) is 5.63. The second-order valence-corrected chi connectivity index (χ2v) is 6.59. The summed E-state index contributed by atoms with van der Waals surface area (Å²) in [7, 11) is 0. The van der Waals surface area contributed by atoms with Crippen molar-refractivity contribution >= 4 is 5.91 Å². The number of aliphatic hydroxyl groups excluding tert-OH is 1. The van der Waals surface area contributed by atoms with Gasteiger partial charge in [-0.2, -0.15) is 0 Å². The molecule has 1 aliphatic heterocycles. The summed E-state index contributed by atoms with van der Waals surface area (Å²) in [4.78, 5) is 14.2. The number of likely N-dealkylation sites (N-methyl/N-ethyl adjacent to an activating group) is 1. The van der Waals surface area contributed by atoms with Crippen LogP contribution in [-0.4, -0.2) is 42.1 Å². The van der Waals surface area contributed by atoms with Crippen LogP contribution >= 0.6 is 0 Å². The summed E-state index contributed by atoms with van der Waals surface area (Å²) in [5.74, 6) is 0.832. The highest BCUT2D eigenvalue weighted by molar-refractivity contribution is 5.76. The number of hydrogen-bond donors (Lipinski definition) is 2. The fourth-order valence-electron chi connectivity index (χ4n) is 3.17. The monoisotopic (exact) mass is 318 g/mol. The minimum absolute atomic E-state index is 0.164. The van der Waals surface area contributed by atoms with E-state index in [9.17, 15) is 9.90 Å². The molecular weight excluding hydrogens is 288 g/mol. The zero-order valence-electron chi connectivity index (χ0n) is 14.4. The van der Waals surface area contributed by atoms with Crippen LogP contribution in [0.15, 0.2) is 24.3 Å². The van der Waals surface area contributed by atoms with E-state index in [-0.39, 0.29) is 5.91 Å². The van der Waals surface area contributed by atoms with Crippen LogP contribution in [-0.2, 0) is 4.79 Å². The van der Waals surface area contributed by atoms with Gasteiger partial charge in [-0.15, -0.1) is 0 Å². The molecular formula is C19H30N2O2. The van der Waals surface area contributed by atoms with Gasteiger partial charge in [0.05, 0.1) is 12.6 Å². The van der Waals surface area contributed by atoms with Crippen molar-refractivity contribution in [2.75, 3.05) is 26.2 Å². The van der Waals surface area contributed by atoms with Gasteiger partial charge in [-0.3, -0.25) is 4.79 Å². The molecule has 0 bridgehead atoms. The molecule has 0 radical (unpaired) electrons. The fraction of sp³-hybridized carbons (Fsp3) is 0.632. The van der Waals surface area contributed by atoms with Crippen LogP contribution in [0, 0.1) is 12.8 Å². The first kappa shape index (κ1) is 18.0. The first-order valence-corrected chi connectivity index (χ1v) is 8.83. The Morgan fingerprint density at radius 1 is 1.30 bits per heavy atom. The molecule has 128 valence electrons. The molecule has 1 atom stereocenters. The van der Waals surface area contributed by atoms with Gasteiger partial charge in [0, 0.05) is 13.0 Å². The topological polar surface area (TPSA) is 52.6 Å². The predicted octanol–water partition coefficient (Wildman–Crippen LogP) is 2.66. The molecule has 0 aromatic heterocycles. The van der Waals surface area contributed by atoms with E-state index in [0.717, 1.165) is 25.1 Å². The molecule has 1 aromatic rings.